The van der Waals surface area contributed by atoms with Crippen molar-refractivity contribution in [3.05, 3.63) is 42.9 Å². The Kier molecular flexibility index (Phi) is 4.43. The van der Waals surface area contributed by atoms with Crippen LogP contribution in [0.3, 0.4) is 0 Å². The molecule has 0 aliphatic carbocycles. The smallest absolute Gasteiger partial charge is 0.320 e. The minimum absolute atomic E-state index is 0.0706. The molecule has 0 unspecified atom stereocenters. The Morgan fingerprint density at radius 3 is 2.73 bits per heavy atom. The monoisotopic (exact) mass is 298 g/mol. The van der Waals surface area contributed by atoms with Gasteiger partial charge in [0.2, 0.25) is 5.95 Å². The van der Waals surface area contributed by atoms with E-state index in [0.717, 1.165) is 19.4 Å². The Morgan fingerprint density at radius 2 is 1.95 bits per heavy atom. The number of amides is 2. The van der Waals surface area contributed by atoms with Crippen molar-refractivity contribution in [2.24, 2.45) is 0 Å². The van der Waals surface area contributed by atoms with Gasteiger partial charge in [-0.05, 0) is 31.0 Å². The van der Waals surface area contributed by atoms with Gasteiger partial charge < -0.3 is 10.2 Å². The predicted octanol–water partition coefficient (Wildman–Crippen LogP) is 1.66. The van der Waals surface area contributed by atoms with E-state index in [9.17, 15) is 4.79 Å². The van der Waals surface area contributed by atoms with Gasteiger partial charge in [0.1, 0.15) is 5.82 Å². The van der Waals surface area contributed by atoms with Crippen molar-refractivity contribution in [3.63, 3.8) is 0 Å². The van der Waals surface area contributed by atoms with Crippen LogP contribution in [-0.4, -0.2) is 40.1 Å². The molecule has 0 spiro atoms. The van der Waals surface area contributed by atoms with E-state index < -0.39 is 0 Å². The lowest BCUT2D eigenvalue weighted by atomic mass is 10.1. The first-order chi connectivity index (χ1) is 10.8. The molecular weight excluding hydrogens is 280 g/mol. The number of aromatic nitrogens is 3. The van der Waals surface area contributed by atoms with Crippen LogP contribution in [0.2, 0.25) is 0 Å². The summed E-state index contributed by atoms with van der Waals surface area (Å²) in [6.45, 7) is 1.61. The summed E-state index contributed by atoms with van der Waals surface area (Å²) in [6, 6.07) is 7.02. The number of rotatable bonds is 3. The zero-order chi connectivity index (χ0) is 15.2. The SMILES string of the molecule is O=C(Nc1ccccn1)N[C@@H]1CCCN(c2ncccn2)C1. The van der Waals surface area contributed by atoms with Gasteiger partial charge in [-0.2, -0.15) is 0 Å². The molecule has 7 nitrogen and oxygen atoms in total. The fraction of sp³-hybridized carbons (Fsp3) is 0.333. The first-order valence-corrected chi connectivity index (χ1v) is 7.32. The highest BCUT2D eigenvalue weighted by Crippen LogP contribution is 2.15. The summed E-state index contributed by atoms with van der Waals surface area (Å²) in [5.41, 5.74) is 0. The second-order valence-corrected chi connectivity index (χ2v) is 5.15. The maximum Gasteiger partial charge on any atom is 0.320 e. The molecule has 114 valence electrons. The Balaban J connectivity index is 1.55. The fourth-order valence-electron chi connectivity index (χ4n) is 2.51. The van der Waals surface area contributed by atoms with Crippen molar-refractivity contribution in [2.75, 3.05) is 23.3 Å². The quantitative estimate of drug-likeness (QED) is 0.900. The molecule has 0 radical (unpaired) electrons. The minimum Gasteiger partial charge on any atom is -0.339 e. The lowest BCUT2D eigenvalue weighted by Gasteiger charge is -2.33. The Hall–Kier alpha value is -2.70. The molecule has 1 saturated heterocycles. The van der Waals surface area contributed by atoms with Gasteiger partial charge in [-0.25, -0.2) is 19.7 Å². The minimum atomic E-state index is -0.237. The fourth-order valence-corrected chi connectivity index (χ4v) is 2.51. The number of hydrogen-bond donors (Lipinski definition) is 2. The van der Waals surface area contributed by atoms with Crippen molar-refractivity contribution in [1.29, 1.82) is 0 Å². The van der Waals surface area contributed by atoms with Crippen LogP contribution in [-0.2, 0) is 0 Å². The highest BCUT2D eigenvalue weighted by atomic mass is 16.2. The van der Waals surface area contributed by atoms with Gasteiger partial charge in [-0.1, -0.05) is 6.07 Å². The highest BCUT2D eigenvalue weighted by Gasteiger charge is 2.22. The molecule has 7 heteroatoms. The molecule has 1 atom stereocenters. The molecule has 0 bridgehead atoms. The first-order valence-electron chi connectivity index (χ1n) is 7.32. The van der Waals surface area contributed by atoms with Crippen molar-refractivity contribution in [3.8, 4) is 0 Å². The standard InChI is InChI=1S/C15H18N6O/c22-15(20-13-6-1-2-7-16-13)19-12-5-3-10-21(11-12)14-17-8-4-9-18-14/h1-2,4,6-9,12H,3,5,10-11H2,(H2,16,19,20,22)/t12-/m1/s1. The predicted molar refractivity (Wildman–Crippen MR) is 83.7 cm³/mol. The molecule has 3 heterocycles. The molecular formula is C15H18N6O. The summed E-state index contributed by atoms with van der Waals surface area (Å²) in [5.74, 6) is 1.25. The van der Waals surface area contributed by atoms with Gasteiger partial charge in [0, 0.05) is 37.7 Å². The van der Waals surface area contributed by atoms with E-state index in [1.807, 2.05) is 12.1 Å². The normalized spacial score (nSPS) is 17.8. The van der Waals surface area contributed by atoms with Crippen LogP contribution < -0.4 is 15.5 Å². The Labute approximate surface area is 128 Å². The third kappa shape index (κ3) is 3.69. The molecule has 1 aliphatic heterocycles. The van der Waals surface area contributed by atoms with Crippen LogP contribution in [0, 0.1) is 0 Å². The molecule has 1 aliphatic rings. The van der Waals surface area contributed by atoms with Crippen molar-refractivity contribution in [1.82, 2.24) is 20.3 Å². The molecule has 0 saturated carbocycles. The van der Waals surface area contributed by atoms with Crippen LogP contribution in [0.25, 0.3) is 0 Å². The lowest BCUT2D eigenvalue weighted by molar-refractivity contribution is 0.246. The maximum atomic E-state index is 12.0. The average molecular weight is 298 g/mol. The number of urea groups is 1. The summed E-state index contributed by atoms with van der Waals surface area (Å²) in [5, 5.41) is 5.71. The number of anilines is 2. The van der Waals surface area contributed by atoms with Gasteiger partial charge >= 0.3 is 6.03 Å². The summed E-state index contributed by atoms with van der Waals surface area (Å²) in [7, 11) is 0. The van der Waals surface area contributed by atoms with Gasteiger partial charge in [0.05, 0.1) is 0 Å². The average Bonchev–Trinajstić information content (AvgIpc) is 2.57. The summed E-state index contributed by atoms with van der Waals surface area (Å²) in [4.78, 5) is 26.7. The van der Waals surface area contributed by atoms with E-state index in [1.54, 1.807) is 30.7 Å². The van der Waals surface area contributed by atoms with Gasteiger partial charge in [-0.3, -0.25) is 5.32 Å². The van der Waals surface area contributed by atoms with Gasteiger partial charge in [-0.15, -0.1) is 0 Å². The zero-order valence-corrected chi connectivity index (χ0v) is 12.1. The zero-order valence-electron chi connectivity index (χ0n) is 12.1. The van der Waals surface area contributed by atoms with Crippen LogP contribution in [0.4, 0.5) is 16.6 Å². The number of nitrogens with one attached hydrogen (secondary N) is 2. The lowest BCUT2D eigenvalue weighted by Crippen LogP contribution is -2.49. The maximum absolute atomic E-state index is 12.0. The van der Waals surface area contributed by atoms with Gasteiger partial charge in [0.25, 0.3) is 0 Å². The van der Waals surface area contributed by atoms with E-state index in [1.165, 1.54) is 0 Å². The van der Waals surface area contributed by atoms with E-state index >= 15 is 0 Å². The Bertz CT molecular complexity index is 606. The van der Waals surface area contributed by atoms with Crippen LogP contribution >= 0.6 is 0 Å². The number of carbonyl (C=O) groups is 1. The Morgan fingerprint density at radius 1 is 1.14 bits per heavy atom. The third-order valence-corrected chi connectivity index (χ3v) is 3.50. The van der Waals surface area contributed by atoms with Crippen LogP contribution in [0.1, 0.15) is 12.8 Å². The number of piperidine rings is 1. The van der Waals surface area contributed by atoms with Crippen LogP contribution in [0.15, 0.2) is 42.9 Å². The largest absolute Gasteiger partial charge is 0.339 e. The van der Waals surface area contributed by atoms with Crippen molar-refractivity contribution < 1.29 is 4.79 Å². The van der Waals surface area contributed by atoms with Crippen molar-refractivity contribution in [2.45, 2.75) is 18.9 Å². The number of hydrogen-bond acceptors (Lipinski definition) is 5. The van der Waals surface area contributed by atoms with E-state index in [0.29, 0.717) is 18.3 Å². The van der Waals surface area contributed by atoms with E-state index in [4.69, 9.17) is 0 Å². The number of nitrogens with zero attached hydrogens (tertiary/aromatic N) is 4. The van der Waals surface area contributed by atoms with E-state index in [-0.39, 0.29) is 12.1 Å². The molecule has 1 fully saturated rings. The topological polar surface area (TPSA) is 83.0 Å². The number of carbonyl (C=O) groups excluding carboxylic acids is 1. The van der Waals surface area contributed by atoms with Crippen molar-refractivity contribution >= 4 is 17.8 Å². The second kappa shape index (κ2) is 6.84. The molecule has 3 rings (SSSR count). The summed E-state index contributed by atoms with van der Waals surface area (Å²) in [6.07, 6.45) is 7.04. The molecule has 2 aromatic rings. The summed E-state index contributed by atoms with van der Waals surface area (Å²) < 4.78 is 0. The summed E-state index contributed by atoms with van der Waals surface area (Å²) >= 11 is 0. The number of pyridine rings is 1. The highest BCUT2D eigenvalue weighted by molar-refractivity contribution is 5.88. The van der Waals surface area contributed by atoms with Crippen LogP contribution in [0.5, 0.6) is 0 Å². The van der Waals surface area contributed by atoms with E-state index in [2.05, 4.69) is 30.5 Å². The molecule has 2 N–H and O–H groups in total. The van der Waals surface area contributed by atoms with Gasteiger partial charge in [0.15, 0.2) is 0 Å². The molecule has 0 aromatic carbocycles. The molecule has 22 heavy (non-hydrogen) atoms. The molecule has 2 aromatic heterocycles. The first kappa shape index (κ1) is 14.2. The second-order valence-electron chi connectivity index (χ2n) is 5.15. The molecule has 2 amide bonds. The third-order valence-electron chi connectivity index (χ3n) is 3.50.